The zero-order chi connectivity index (χ0) is 21.5. The second-order valence-electron chi connectivity index (χ2n) is 7.55. The molecule has 1 N–H and O–H groups in total. The summed E-state index contributed by atoms with van der Waals surface area (Å²) in [5.74, 6) is 2.38. The van der Waals surface area contributed by atoms with Gasteiger partial charge in [0.25, 0.3) is 5.91 Å². The van der Waals surface area contributed by atoms with Crippen LogP contribution in [0.25, 0.3) is 0 Å². The van der Waals surface area contributed by atoms with Crippen molar-refractivity contribution in [3.8, 4) is 17.2 Å². The maximum absolute atomic E-state index is 12.7. The van der Waals surface area contributed by atoms with Crippen LogP contribution in [0.1, 0.15) is 5.56 Å². The zero-order valence-corrected chi connectivity index (χ0v) is 18.3. The molecule has 1 fully saturated rings. The Bertz CT molecular complexity index is 833. The first-order valence-corrected chi connectivity index (χ1v) is 10.2. The molecule has 1 aliphatic rings. The monoisotopic (exact) mass is 414 g/mol. The molecular formula is C23H32N3O4+. The predicted octanol–water partition coefficient (Wildman–Crippen LogP) is 1.08. The molecular weight excluding hydrogens is 382 g/mol. The molecule has 0 saturated carbocycles. The van der Waals surface area contributed by atoms with Gasteiger partial charge in [-0.05, 0) is 42.0 Å². The first kappa shape index (κ1) is 21.8. The van der Waals surface area contributed by atoms with Crippen molar-refractivity contribution < 1.29 is 23.9 Å². The van der Waals surface area contributed by atoms with Crippen LogP contribution in [0.3, 0.4) is 0 Å². The van der Waals surface area contributed by atoms with Gasteiger partial charge in [-0.25, -0.2) is 0 Å². The van der Waals surface area contributed by atoms with E-state index in [0.717, 1.165) is 37.5 Å². The van der Waals surface area contributed by atoms with E-state index in [1.165, 1.54) is 10.6 Å². The third-order valence-corrected chi connectivity index (χ3v) is 5.60. The van der Waals surface area contributed by atoms with Crippen LogP contribution in [-0.4, -0.2) is 71.9 Å². The van der Waals surface area contributed by atoms with Gasteiger partial charge in [0.2, 0.25) is 0 Å². The summed E-state index contributed by atoms with van der Waals surface area (Å²) >= 11 is 0. The average molecular weight is 415 g/mol. The molecule has 162 valence electrons. The highest BCUT2D eigenvalue weighted by Gasteiger charge is 2.24. The fourth-order valence-electron chi connectivity index (χ4n) is 3.74. The quantitative estimate of drug-likeness (QED) is 0.701. The molecule has 0 atom stereocenters. The van der Waals surface area contributed by atoms with E-state index in [0.29, 0.717) is 24.6 Å². The fraction of sp³-hybridized carbons (Fsp3) is 0.435. The highest BCUT2D eigenvalue weighted by Crippen LogP contribution is 2.27. The maximum atomic E-state index is 12.7. The molecule has 0 radical (unpaired) electrons. The highest BCUT2D eigenvalue weighted by molar-refractivity contribution is 5.76. The van der Waals surface area contributed by atoms with Crippen molar-refractivity contribution in [3.05, 3.63) is 48.0 Å². The van der Waals surface area contributed by atoms with E-state index in [2.05, 4.69) is 17.0 Å². The smallest absolute Gasteiger partial charge is 0.277 e. The molecule has 7 nitrogen and oxygen atoms in total. The molecule has 0 aromatic heterocycles. The molecule has 2 aromatic carbocycles. The number of piperazine rings is 1. The highest BCUT2D eigenvalue weighted by atomic mass is 16.5. The van der Waals surface area contributed by atoms with Gasteiger partial charge in [0.15, 0.2) is 18.0 Å². The lowest BCUT2D eigenvalue weighted by Gasteiger charge is -2.34. The number of anilines is 1. The number of nitrogens with zero attached hydrogens (tertiary/aromatic N) is 2. The summed E-state index contributed by atoms with van der Waals surface area (Å²) in [4.78, 5) is 18.2. The van der Waals surface area contributed by atoms with Gasteiger partial charge in [-0.3, -0.25) is 4.79 Å². The van der Waals surface area contributed by atoms with Crippen molar-refractivity contribution in [2.75, 3.05) is 66.0 Å². The van der Waals surface area contributed by atoms with Crippen LogP contribution in [0.2, 0.25) is 0 Å². The second-order valence-corrected chi connectivity index (χ2v) is 7.55. The number of rotatable bonds is 8. The Balaban J connectivity index is 1.49. The van der Waals surface area contributed by atoms with E-state index in [-0.39, 0.29) is 5.91 Å². The summed E-state index contributed by atoms with van der Waals surface area (Å²) in [5, 5.41) is 0. The van der Waals surface area contributed by atoms with Gasteiger partial charge < -0.3 is 28.9 Å². The zero-order valence-electron chi connectivity index (χ0n) is 18.3. The molecule has 0 unspecified atom stereocenters. The lowest BCUT2D eigenvalue weighted by Crippen LogP contribution is -3.15. The number of likely N-dealkylation sites (N-methyl/N-ethyl adjacent to an activating group) is 1. The SMILES string of the molecule is COc1ccc(N2CC[NH+](CC(=O)N(C)Cc3ccc(OC)c(OC)c3)CC2)cc1. The van der Waals surface area contributed by atoms with Crippen LogP contribution in [0, 0.1) is 0 Å². The van der Waals surface area contributed by atoms with Gasteiger partial charge in [-0.15, -0.1) is 0 Å². The Morgan fingerprint density at radius 3 is 2.23 bits per heavy atom. The first-order chi connectivity index (χ1) is 14.5. The van der Waals surface area contributed by atoms with Crippen LogP contribution < -0.4 is 24.0 Å². The summed E-state index contributed by atoms with van der Waals surface area (Å²) in [5.41, 5.74) is 2.22. The van der Waals surface area contributed by atoms with E-state index in [9.17, 15) is 4.79 Å². The number of nitrogens with one attached hydrogen (secondary N) is 1. The van der Waals surface area contributed by atoms with Crippen molar-refractivity contribution in [3.63, 3.8) is 0 Å². The fourth-order valence-corrected chi connectivity index (χ4v) is 3.74. The Kier molecular flexibility index (Phi) is 7.41. The predicted molar refractivity (Wildman–Crippen MR) is 117 cm³/mol. The normalized spacial score (nSPS) is 14.3. The summed E-state index contributed by atoms with van der Waals surface area (Å²) in [6.07, 6.45) is 0. The van der Waals surface area contributed by atoms with Crippen LogP contribution >= 0.6 is 0 Å². The van der Waals surface area contributed by atoms with Gasteiger partial charge in [-0.1, -0.05) is 6.07 Å². The van der Waals surface area contributed by atoms with Crippen LogP contribution in [-0.2, 0) is 11.3 Å². The molecule has 1 heterocycles. The van der Waals surface area contributed by atoms with Gasteiger partial charge >= 0.3 is 0 Å². The van der Waals surface area contributed by atoms with Crippen LogP contribution in [0.15, 0.2) is 42.5 Å². The number of methoxy groups -OCH3 is 3. The summed E-state index contributed by atoms with van der Waals surface area (Å²) in [7, 11) is 6.76. The number of quaternary nitrogens is 1. The Morgan fingerprint density at radius 1 is 0.967 bits per heavy atom. The summed E-state index contributed by atoms with van der Waals surface area (Å²) in [6, 6.07) is 13.9. The lowest BCUT2D eigenvalue weighted by molar-refractivity contribution is -0.892. The molecule has 1 aliphatic heterocycles. The molecule has 7 heteroatoms. The number of hydrogen-bond acceptors (Lipinski definition) is 5. The molecule has 0 bridgehead atoms. The average Bonchev–Trinajstić information content (AvgIpc) is 2.79. The third kappa shape index (κ3) is 5.36. The number of benzene rings is 2. The molecule has 2 aromatic rings. The number of amides is 1. The van der Waals surface area contributed by atoms with E-state index in [1.54, 1.807) is 26.2 Å². The van der Waals surface area contributed by atoms with Crippen molar-refractivity contribution >= 4 is 11.6 Å². The van der Waals surface area contributed by atoms with Crippen molar-refractivity contribution in [2.24, 2.45) is 0 Å². The van der Waals surface area contributed by atoms with E-state index in [4.69, 9.17) is 14.2 Å². The minimum Gasteiger partial charge on any atom is -0.497 e. The lowest BCUT2D eigenvalue weighted by atomic mass is 10.2. The minimum atomic E-state index is 0.151. The van der Waals surface area contributed by atoms with Gasteiger partial charge in [0.05, 0.1) is 47.5 Å². The molecule has 1 amide bonds. The number of ether oxygens (including phenoxy) is 3. The molecule has 3 rings (SSSR count). The van der Waals surface area contributed by atoms with Gasteiger partial charge in [-0.2, -0.15) is 0 Å². The molecule has 30 heavy (non-hydrogen) atoms. The Hall–Kier alpha value is -2.93. The Labute approximate surface area is 178 Å². The van der Waals surface area contributed by atoms with E-state index in [1.807, 2.05) is 37.4 Å². The van der Waals surface area contributed by atoms with Crippen molar-refractivity contribution in [1.29, 1.82) is 0 Å². The van der Waals surface area contributed by atoms with E-state index < -0.39 is 0 Å². The van der Waals surface area contributed by atoms with Crippen LogP contribution in [0.5, 0.6) is 17.2 Å². The van der Waals surface area contributed by atoms with Crippen LogP contribution in [0.4, 0.5) is 5.69 Å². The maximum Gasteiger partial charge on any atom is 0.277 e. The topological polar surface area (TPSA) is 55.7 Å². The number of carbonyl (C=O) groups is 1. The number of carbonyl (C=O) groups excluding carboxylic acids is 1. The molecule has 0 spiro atoms. The number of hydrogen-bond donors (Lipinski definition) is 1. The van der Waals surface area contributed by atoms with E-state index >= 15 is 0 Å². The summed E-state index contributed by atoms with van der Waals surface area (Å²) < 4.78 is 15.9. The second kappa shape index (κ2) is 10.2. The molecule has 0 aliphatic carbocycles. The van der Waals surface area contributed by atoms with Crippen molar-refractivity contribution in [1.82, 2.24) is 4.90 Å². The van der Waals surface area contributed by atoms with Gasteiger partial charge in [0, 0.05) is 19.3 Å². The first-order valence-electron chi connectivity index (χ1n) is 10.2. The largest absolute Gasteiger partial charge is 0.497 e. The van der Waals surface area contributed by atoms with Gasteiger partial charge in [0.1, 0.15) is 5.75 Å². The minimum absolute atomic E-state index is 0.151. The molecule has 1 saturated heterocycles. The standard InChI is InChI=1S/C23H31N3O4/c1-24(16-18-5-10-21(29-3)22(15-18)30-4)23(27)17-25-11-13-26(14-12-25)19-6-8-20(28-2)9-7-19/h5-10,15H,11-14,16-17H2,1-4H3/p+1. The third-order valence-electron chi connectivity index (χ3n) is 5.60. The Morgan fingerprint density at radius 2 is 1.63 bits per heavy atom. The summed E-state index contributed by atoms with van der Waals surface area (Å²) in [6.45, 7) is 4.83. The van der Waals surface area contributed by atoms with Crippen molar-refractivity contribution in [2.45, 2.75) is 6.54 Å².